The van der Waals surface area contributed by atoms with E-state index >= 15 is 0 Å². The molecule has 4 rings (SSSR count). The predicted octanol–water partition coefficient (Wildman–Crippen LogP) is 2.16. The molecule has 2 fully saturated rings. The van der Waals surface area contributed by atoms with Gasteiger partial charge in [0, 0.05) is 36.2 Å². The third kappa shape index (κ3) is 3.48. The third-order valence-corrected chi connectivity index (χ3v) is 5.10. The largest absolute Gasteiger partial charge is 0.361 e. The first-order valence-electron chi connectivity index (χ1n) is 9.12. The number of likely N-dealkylation sites (tertiary alicyclic amines) is 1. The van der Waals surface area contributed by atoms with E-state index in [4.69, 9.17) is 0 Å². The topological polar surface area (TPSA) is 77.2 Å². The molecule has 0 spiro atoms. The number of nitrogens with zero attached hydrogens (tertiary/aromatic N) is 1. The molecule has 1 saturated carbocycles. The van der Waals surface area contributed by atoms with Crippen LogP contribution in [0.2, 0.25) is 0 Å². The molecule has 1 aliphatic carbocycles. The first-order valence-corrected chi connectivity index (χ1v) is 9.12. The van der Waals surface area contributed by atoms with Crippen LogP contribution < -0.4 is 10.6 Å². The summed E-state index contributed by atoms with van der Waals surface area (Å²) < 4.78 is 0. The Balaban J connectivity index is 1.32. The molecule has 3 amide bonds. The average molecular weight is 340 g/mol. The molecule has 1 aromatic carbocycles. The lowest BCUT2D eigenvalue weighted by atomic mass is 10.1. The van der Waals surface area contributed by atoms with E-state index in [1.807, 2.05) is 18.3 Å². The van der Waals surface area contributed by atoms with Gasteiger partial charge in [0.2, 0.25) is 5.91 Å². The summed E-state index contributed by atoms with van der Waals surface area (Å²) in [6, 6.07) is 8.11. The van der Waals surface area contributed by atoms with Gasteiger partial charge in [-0.25, -0.2) is 4.79 Å². The second kappa shape index (κ2) is 6.78. The fraction of sp³-hybridized carbons (Fsp3) is 0.474. The second-order valence-electron chi connectivity index (χ2n) is 6.97. The van der Waals surface area contributed by atoms with Crippen molar-refractivity contribution in [3.8, 4) is 0 Å². The van der Waals surface area contributed by atoms with Crippen molar-refractivity contribution in [2.24, 2.45) is 0 Å². The number of hydrogen-bond donors (Lipinski definition) is 3. The van der Waals surface area contributed by atoms with Gasteiger partial charge in [0.1, 0.15) is 6.04 Å². The Hall–Kier alpha value is -2.50. The zero-order chi connectivity index (χ0) is 17.2. The summed E-state index contributed by atoms with van der Waals surface area (Å²) in [5.41, 5.74) is 2.32. The summed E-state index contributed by atoms with van der Waals surface area (Å²) in [4.78, 5) is 29.7. The molecule has 6 nitrogen and oxygen atoms in total. The number of urea groups is 1. The van der Waals surface area contributed by atoms with Crippen LogP contribution in [0.1, 0.15) is 31.2 Å². The van der Waals surface area contributed by atoms with E-state index in [0.717, 1.165) is 37.6 Å². The van der Waals surface area contributed by atoms with Crippen molar-refractivity contribution >= 4 is 22.8 Å². The molecular formula is C19H24N4O2. The molecule has 1 aliphatic heterocycles. The highest BCUT2D eigenvalue weighted by molar-refractivity contribution is 5.88. The predicted molar refractivity (Wildman–Crippen MR) is 96.3 cm³/mol. The Morgan fingerprint density at radius 3 is 2.92 bits per heavy atom. The summed E-state index contributed by atoms with van der Waals surface area (Å²) in [6.07, 6.45) is 6.48. The number of carbonyl (C=O) groups excluding carboxylic acids is 2. The molecule has 1 aromatic heterocycles. The normalized spacial score (nSPS) is 20.0. The summed E-state index contributed by atoms with van der Waals surface area (Å²) in [5.74, 6) is 0.00670. The fourth-order valence-corrected chi connectivity index (χ4v) is 3.58. The van der Waals surface area contributed by atoms with Crippen LogP contribution in [0, 0.1) is 0 Å². The highest BCUT2D eigenvalue weighted by Crippen LogP contribution is 2.22. The molecule has 25 heavy (non-hydrogen) atoms. The Kier molecular flexibility index (Phi) is 4.34. The van der Waals surface area contributed by atoms with Crippen LogP contribution in [-0.4, -0.2) is 47.0 Å². The smallest absolute Gasteiger partial charge is 0.318 e. The molecule has 3 N–H and O–H groups in total. The van der Waals surface area contributed by atoms with Gasteiger partial charge in [-0.05, 0) is 49.8 Å². The quantitative estimate of drug-likeness (QED) is 0.780. The van der Waals surface area contributed by atoms with Crippen LogP contribution in [0.3, 0.4) is 0 Å². The lowest BCUT2D eigenvalue weighted by Gasteiger charge is -2.24. The molecule has 2 aliphatic rings. The SMILES string of the molecule is O=C(NC1CC1)[C@@H]1CCCN1C(=O)NCCc1cccc2[nH]ccc12. The van der Waals surface area contributed by atoms with E-state index in [-0.39, 0.29) is 18.0 Å². The molecule has 0 radical (unpaired) electrons. The van der Waals surface area contributed by atoms with Crippen LogP contribution in [0.4, 0.5) is 4.79 Å². The minimum absolute atomic E-state index is 0.00670. The van der Waals surface area contributed by atoms with Gasteiger partial charge in [-0.15, -0.1) is 0 Å². The number of fused-ring (bicyclic) bond motifs is 1. The number of rotatable bonds is 5. The number of hydrogen-bond acceptors (Lipinski definition) is 2. The molecule has 0 bridgehead atoms. The fourth-order valence-electron chi connectivity index (χ4n) is 3.58. The molecule has 1 atom stereocenters. The van der Waals surface area contributed by atoms with Crippen LogP contribution in [0.25, 0.3) is 10.9 Å². The van der Waals surface area contributed by atoms with Gasteiger partial charge in [-0.1, -0.05) is 12.1 Å². The Morgan fingerprint density at radius 1 is 1.20 bits per heavy atom. The summed E-state index contributed by atoms with van der Waals surface area (Å²) in [7, 11) is 0. The number of H-pyrrole nitrogens is 1. The zero-order valence-corrected chi connectivity index (χ0v) is 14.3. The summed E-state index contributed by atoms with van der Waals surface area (Å²) in [6.45, 7) is 1.22. The first-order chi connectivity index (χ1) is 12.2. The number of carbonyl (C=O) groups is 2. The number of aromatic nitrogens is 1. The van der Waals surface area contributed by atoms with Gasteiger partial charge in [0.15, 0.2) is 0 Å². The molecule has 132 valence electrons. The minimum Gasteiger partial charge on any atom is -0.361 e. The van der Waals surface area contributed by atoms with Gasteiger partial charge in [-0.3, -0.25) is 4.79 Å². The van der Waals surface area contributed by atoms with Crippen molar-refractivity contribution in [3.63, 3.8) is 0 Å². The highest BCUT2D eigenvalue weighted by Gasteiger charge is 2.36. The van der Waals surface area contributed by atoms with Crippen LogP contribution in [-0.2, 0) is 11.2 Å². The molecule has 6 heteroatoms. The molecule has 2 heterocycles. The van der Waals surface area contributed by atoms with Crippen molar-refractivity contribution in [3.05, 3.63) is 36.0 Å². The molecule has 2 aromatic rings. The van der Waals surface area contributed by atoms with Gasteiger partial charge in [0.05, 0.1) is 0 Å². The first kappa shape index (κ1) is 16.0. The van der Waals surface area contributed by atoms with Gasteiger partial charge < -0.3 is 20.5 Å². The van der Waals surface area contributed by atoms with E-state index in [1.165, 1.54) is 10.9 Å². The lowest BCUT2D eigenvalue weighted by Crippen LogP contribution is -2.50. The van der Waals surface area contributed by atoms with Crippen molar-refractivity contribution in [1.29, 1.82) is 0 Å². The lowest BCUT2D eigenvalue weighted by molar-refractivity contribution is -0.124. The maximum Gasteiger partial charge on any atom is 0.318 e. The van der Waals surface area contributed by atoms with Crippen LogP contribution >= 0.6 is 0 Å². The van der Waals surface area contributed by atoms with Crippen molar-refractivity contribution in [2.45, 2.75) is 44.2 Å². The van der Waals surface area contributed by atoms with Crippen LogP contribution in [0.15, 0.2) is 30.5 Å². The second-order valence-corrected chi connectivity index (χ2v) is 6.97. The number of amides is 3. The number of nitrogens with one attached hydrogen (secondary N) is 3. The Labute approximate surface area is 147 Å². The number of benzene rings is 1. The van der Waals surface area contributed by atoms with E-state index in [0.29, 0.717) is 19.1 Å². The monoisotopic (exact) mass is 340 g/mol. The van der Waals surface area contributed by atoms with Crippen molar-refractivity contribution in [1.82, 2.24) is 20.5 Å². The van der Waals surface area contributed by atoms with E-state index in [2.05, 4.69) is 27.8 Å². The van der Waals surface area contributed by atoms with Gasteiger partial charge >= 0.3 is 6.03 Å². The highest BCUT2D eigenvalue weighted by atomic mass is 16.2. The maximum absolute atomic E-state index is 12.5. The maximum atomic E-state index is 12.5. The summed E-state index contributed by atoms with van der Waals surface area (Å²) >= 11 is 0. The third-order valence-electron chi connectivity index (χ3n) is 5.10. The standard InChI is InChI=1S/C19H24N4O2/c24-18(22-14-6-7-14)17-5-2-12-23(17)19(25)21-10-8-13-3-1-4-16-15(13)9-11-20-16/h1,3-4,9,11,14,17,20H,2,5-8,10,12H2,(H,21,25)(H,22,24)/t17-/m0/s1. The van der Waals surface area contributed by atoms with E-state index < -0.39 is 0 Å². The Morgan fingerprint density at radius 2 is 2.08 bits per heavy atom. The van der Waals surface area contributed by atoms with Crippen LogP contribution in [0.5, 0.6) is 0 Å². The average Bonchev–Trinajstić information content (AvgIpc) is 3.12. The Bertz CT molecular complexity index is 781. The molecular weight excluding hydrogens is 316 g/mol. The zero-order valence-electron chi connectivity index (χ0n) is 14.3. The van der Waals surface area contributed by atoms with E-state index in [9.17, 15) is 9.59 Å². The van der Waals surface area contributed by atoms with Crippen molar-refractivity contribution < 1.29 is 9.59 Å². The van der Waals surface area contributed by atoms with Gasteiger partial charge in [0.25, 0.3) is 0 Å². The number of aromatic amines is 1. The molecule has 1 saturated heterocycles. The van der Waals surface area contributed by atoms with Gasteiger partial charge in [-0.2, -0.15) is 0 Å². The molecule has 0 unspecified atom stereocenters. The van der Waals surface area contributed by atoms with E-state index in [1.54, 1.807) is 4.90 Å². The van der Waals surface area contributed by atoms with Crippen molar-refractivity contribution in [2.75, 3.05) is 13.1 Å². The minimum atomic E-state index is -0.311. The summed E-state index contributed by atoms with van der Waals surface area (Å²) in [5, 5.41) is 7.19.